The summed E-state index contributed by atoms with van der Waals surface area (Å²) in [4.78, 5) is 37.1. The number of fused-ring (bicyclic) bond motifs is 3. The number of carboxylic acids is 1. The normalized spacial score (nSPS) is 20.6. The fourth-order valence-corrected chi connectivity index (χ4v) is 4.85. The van der Waals surface area contributed by atoms with Gasteiger partial charge in [-0.15, -0.1) is 0 Å². The number of benzene rings is 2. The van der Waals surface area contributed by atoms with Crippen LogP contribution in [0.15, 0.2) is 48.5 Å². The highest BCUT2D eigenvalue weighted by atomic mass is 16.6. The third-order valence-corrected chi connectivity index (χ3v) is 6.62. The van der Waals surface area contributed by atoms with Crippen LogP contribution in [0, 0.1) is 0 Å². The highest BCUT2D eigenvalue weighted by molar-refractivity contribution is 5.89. The molecule has 2 aromatic carbocycles. The molecule has 0 saturated carbocycles. The maximum atomic E-state index is 12.8. The van der Waals surface area contributed by atoms with Crippen LogP contribution >= 0.6 is 0 Å². The molecule has 180 valence electrons. The quantitative estimate of drug-likeness (QED) is 0.549. The summed E-state index contributed by atoms with van der Waals surface area (Å²) in [5.74, 6) is -1.73. The van der Waals surface area contributed by atoms with E-state index in [1.54, 1.807) is 0 Å². The van der Waals surface area contributed by atoms with E-state index >= 15 is 0 Å². The van der Waals surface area contributed by atoms with E-state index in [0.29, 0.717) is 12.8 Å². The predicted molar refractivity (Wildman–Crippen MR) is 125 cm³/mol. The molecule has 2 aliphatic rings. The van der Waals surface area contributed by atoms with E-state index in [2.05, 4.69) is 22.8 Å². The Morgan fingerprint density at radius 1 is 1.09 bits per heavy atom. The Labute approximate surface area is 198 Å². The standard InChI is InChI=1S/C26H30N2O6/c1-3-13-26(2,24(30)31)28-23(29)22-21(12-14-33-22)27-25(32)34-15-20-18-10-6-4-8-16(18)17-9-5-7-11-19(17)20/h4-11,20-22H,3,12-15H2,1-2H3,(H,27,32)(H,28,29)(H,30,31)/t21-,22+,26?/m1/s1. The summed E-state index contributed by atoms with van der Waals surface area (Å²) in [5, 5.41) is 14.9. The van der Waals surface area contributed by atoms with Gasteiger partial charge in [0.25, 0.3) is 5.91 Å². The Kier molecular flexibility index (Phi) is 6.88. The summed E-state index contributed by atoms with van der Waals surface area (Å²) in [5.41, 5.74) is 3.11. The van der Waals surface area contributed by atoms with Crippen molar-refractivity contribution in [2.24, 2.45) is 0 Å². The third-order valence-electron chi connectivity index (χ3n) is 6.62. The molecule has 8 nitrogen and oxygen atoms in total. The molecule has 4 rings (SSSR count). The van der Waals surface area contributed by atoms with E-state index in [1.165, 1.54) is 6.92 Å². The summed E-state index contributed by atoms with van der Waals surface area (Å²) in [7, 11) is 0. The fraction of sp³-hybridized carbons (Fsp3) is 0.423. The second kappa shape index (κ2) is 9.85. The van der Waals surface area contributed by atoms with Crippen LogP contribution in [0.4, 0.5) is 4.79 Å². The number of hydrogen-bond acceptors (Lipinski definition) is 5. The Hall–Kier alpha value is -3.39. The lowest BCUT2D eigenvalue weighted by Crippen LogP contribution is -2.57. The van der Waals surface area contributed by atoms with E-state index in [1.807, 2.05) is 43.3 Å². The average molecular weight is 467 g/mol. The number of carbonyl (C=O) groups excluding carboxylic acids is 2. The van der Waals surface area contributed by atoms with Crippen LogP contribution in [0.25, 0.3) is 11.1 Å². The summed E-state index contributed by atoms with van der Waals surface area (Å²) < 4.78 is 11.1. The van der Waals surface area contributed by atoms with Crippen LogP contribution in [0.1, 0.15) is 50.2 Å². The van der Waals surface area contributed by atoms with Gasteiger partial charge in [-0.2, -0.15) is 0 Å². The maximum Gasteiger partial charge on any atom is 0.407 e. The van der Waals surface area contributed by atoms with E-state index in [9.17, 15) is 19.5 Å². The van der Waals surface area contributed by atoms with Crippen LogP contribution in [-0.4, -0.2) is 54.0 Å². The van der Waals surface area contributed by atoms with Crippen molar-refractivity contribution in [3.8, 4) is 11.1 Å². The molecule has 1 unspecified atom stereocenters. The number of amides is 2. The first-order valence-corrected chi connectivity index (χ1v) is 11.6. The summed E-state index contributed by atoms with van der Waals surface area (Å²) in [6.07, 6.45) is -0.304. The lowest BCUT2D eigenvalue weighted by molar-refractivity contribution is -0.149. The molecule has 8 heteroatoms. The molecule has 1 aliphatic carbocycles. The van der Waals surface area contributed by atoms with Gasteiger partial charge >= 0.3 is 12.1 Å². The van der Waals surface area contributed by atoms with Crippen molar-refractivity contribution < 1.29 is 29.0 Å². The van der Waals surface area contributed by atoms with Crippen molar-refractivity contribution in [1.29, 1.82) is 0 Å². The van der Waals surface area contributed by atoms with Crippen molar-refractivity contribution in [3.63, 3.8) is 0 Å². The molecule has 3 atom stereocenters. The lowest BCUT2D eigenvalue weighted by Gasteiger charge is -2.28. The topological polar surface area (TPSA) is 114 Å². The minimum absolute atomic E-state index is 0.0672. The molecule has 0 bridgehead atoms. The smallest absolute Gasteiger partial charge is 0.407 e. The number of aliphatic carboxylic acids is 1. The predicted octanol–water partition coefficient (Wildman–Crippen LogP) is 3.44. The molecule has 0 aromatic heterocycles. The van der Waals surface area contributed by atoms with Gasteiger partial charge in [0.1, 0.15) is 12.1 Å². The number of alkyl carbamates (subject to hydrolysis) is 1. The molecule has 1 aliphatic heterocycles. The van der Waals surface area contributed by atoms with Crippen molar-refractivity contribution in [3.05, 3.63) is 59.7 Å². The minimum atomic E-state index is -1.40. The molecule has 0 radical (unpaired) electrons. The zero-order valence-corrected chi connectivity index (χ0v) is 19.4. The Balaban J connectivity index is 1.38. The number of carboxylic acid groups (broad SMARTS) is 1. The first-order valence-electron chi connectivity index (χ1n) is 11.6. The van der Waals surface area contributed by atoms with Crippen molar-refractivity contribution in [2.75, 3.05) is 13.2 Å². The van der Waals surface area contributed by atoms with E-state index in [4.69, 9.17) is 9.47 Å². The monoisotopic (exact) mass is 466 g/mol. The Morgan fingerprint density at radius 2 is 1.71 bits per heavy atom. The summed E-state index contributed by atoms with van der Waals surface area (Å²) in [6.45, 7) is 3.77. The Morgan fingerprint density at radius 3 is 2.29 bits per heavy atom. The second-order valence-electron chi connectivity index (χ2n) is 9.03. The van der Waals surface area contributed by atoms with Gasteiger partial charge in [-0.3, -0.25) is 4.79 Å². The number of hydrogen-bond donors (Lipinski definition) is 3. The zero-order chi connectivity index (χ0) is 24.3. The van der Waals surface area contributed by atoms with Crippen molar-refractivity contribution in [1.82, 2.24) is 10.6 Å². The average Bonchev–Trinajstić information content (AvgIpc) is 3.40. The van der Waals surface area contributed by atoms with Gasteiger partial charge < -0.3 is 25.2 Å². The van der Waals surface area contributed by atoms with Gasteiger partial charge in [0, 0.05) is 12.5 Å². The largest absolute Gasteiger partial charge is 0.480 e. The maximum absolute atomic E-state index is 12.8. The summed E-state index contributed by atoms with van der Waals surface area (Å²) in [6, 6.07) is 15.5. The number of nitrogens with one attached hydrogen (secondary N) is 2. The molecule has 1 heterocycles. The van der Waals surface area contributed by atoms with Gasteiger partial charge in [0.15, 0.2) is 6.10 Å². The van der Waals surface area contributed by atoms with Gasteiger partial charge in [-0.05, 0) is 42.0 Å². The molecule has 0 spiro atoms. The fourth-order valence-electron chi connectivity index (χ4n) is 4.85. The SMILES string of the molecule is CCCC(C)(NC(=O)[C@H]1OCC[C@H]1NC(=O)OCC1c2ccccc2-c2ccccc21)C(=O)O. The minimum Gasteiger partial charge on any atom is -0.480 e. The van der Waals surface area contributed by atoms with Crippen LogP contribution in [0.2, 0.25) is 0 Å². The van der Waals surface area contributed by atoms with Crippen LogP contribution in [0.5, 0.6) is 0 Å². The lowest BCUT2D eigenvalue weighted by atomic mass is 9.95. The number of rotatable bonds is 8. The first kappa shape index (κ1) is 23.8. The van der Waals surface area contributed by atoms with Crippen LogP contribution < -0.4 is 10.6 Å². The molecular formula is C26H30N2O6. The first-order chi connectivity index (χ1) is 16.3. The van der Waals surface area contributed by atoms with E-state index < -0.39 is 35.7 Å². The van der Waals surface area contributed by atoms with Gasteiger partial charge in [-0.1, -0.05) is 61.9 Å². The molecule has 3 N–H and O–H groups in total. The number of carbonyl (C=O) groups is 3. The van der Waals surface area contributed by atoms with Gasteiger partial charge in [0.05, 0.1) is 6.04 Å². The van der Waals surface area contributed by atoms with E-state index in [-0.39, 0.29) is 25.6 Å². The van der Waals surface area contributed by atoms with E-state index in [0.717, 1.165) is 22.3 Å². The van der Waals surface area contributed by atoms with Gasteiger partial charge in [0.2, 0.25) is 0 Å². The highest BCUT2D eigenvalue weighted by Gasteiger charge is 2.41. The van der Waals surface area contributed by atoms with Crippen molar-refractivity contribution in [2.45, 2.75) is 56.7 Å². The number of ether oxygens (including phenoxy) is 2. The zero-order valence-electron chi connectivity index (χ0n) is 19.4. The summed E-state index contributed by atoms with van der Waals surface area (Å²) >= 11 is 0. The Bertz CT molecular complexity index is 1040. The second-order valence-corrected chi connectivity index (χ2v) is 9.03. The molecule has 1 saturated heterocycles. The molecule has 2 amide bonds. The van der Waals surface area contributed by atoms with Gasteiger partial charge in [-0.25, -0.2) is 9.59 Å². The van der Waals surface area contributed by atoms with Crippen LogP contribution in [0.3, 0.4) is 0 Å². The van der Waals surface area contributed by atoms with Crippen LogP contribution in [-0.2, 0) is 19.1 Å². The molecular weight excluding hydrogens is 436 g/mol. The molecule has 34 heavy (non-hydrogen) atoms. The molecule has 1 fully saturated rings. The molecule has 2 aromatic rings. The highest BCUT2D eigenvalue weighted by Crippen LogP contribution is 2.44. The third kappa shape index (κ3) is 4.63. The van der Waals surface area contributed by atoms with Crippen molar-refractivity contribution >= 4 is 18.0 Å².